The van der Waals surface area contributed by atoms with Crippen LogP contribution in [0.4, 0.5) is 0 Å². The first kappa shape index (κ1) is 18.2. The number of rotatable bonds is 4. The van der Waals surface area contributed by atoms with Crippen LogP contribution in [0, 0.1) is 13.8 Å². The fraction of sp³-hybridized carbons (Fsp3) is 0.364. The molecule has 2 aromatic carbocycles. The second-order valence-corrected chi connectivity index (χ2v) is 7.10. The summed E-state index contributed by atoms with van der Waals surface area (Å²) in [6.45, 7) is 5.44. The molecule has 0 saturated carbocycles. The van der Waals surface area contributed by atoms with E-state index >= 15 is 0 Å². The maximum atomic E-state index is 12.7. The number of nitrogens with zero attached hydrogens (tertiary/aromatic N) is 1. The Bertz CT molecular complexity index is 778. The molecule has 0 radical (unpaired) electrons. The van der Waals surface area contributed by atoms with Crippen LogP contribution < -0.4 is 5.32 Å². The van der Waals surface area contributed by atoms with Crippen LogP contribution >= 0.6 is 0 Å². The Kier molecular flexibility index (Phi) is 5.71. The van der Waals surface area contributed by atoms with Crippen LogP contribution in [-0.4, -0.2) is 35.8 Å². The minimum atomic E-state index is 0.0511. The van der Waals surface area contributed by atoms with Gasteiger partial charge in [-0.25, -0.2) is 0 Å². The fourth-order valence-corrected chi connectivity index (χ4v) is 3.34. The van der Waals surface area contributed by atoms with E-state index < -0.39 is 0 Å². The average Bonchev–Trinajstić information content (AvgIpc) is 2.65. The highest BCUT2D eigenvalue weighted by Crippen LogP contribution is 2.16. The molecule has 136 valence electrons. The Hall–Kier alpha value is -2.62. The summed E-state index contributed by atoms with van der Waals surface area (Å²) in [7, 11) is 0. The highest BCUT2D eigenvalue weighted by molar-refractivity contribution is 5.94. The topological polar surface area (TPSA) is 49.4 Å². The molecule has 0 bridgehead atoms. The van der Waals surface area contributed by atoms with E-state index in [1.807, 2.05) is 67.3 Å². The number of benzene rings is 2. The molecule has 0 unspecified atom stereocenters. The molecule has 0 spiro atoms. The first-order chi connectivity index (χ1) is 12.5. The summed E-state index contributed by atoms with van der Waals surface area (Å²) >= 11 is 0. The normalized spacial score (nSPS) is 14.9. The zero-order valence-electron chi connectivity index (χ0n) is 15.5. The number of carbonyl (C=O) groups excluding carboxylic acids is 2. The van der Waals surface area contributed by atoms with Crippen molar-refractivity contribution in [3.63, 3.8) is 0 Å². The van der Waals surface area contributed by atoms with Gasteiger partial charge in [0.1, 0.15) is 0 Å². The van der Waals surface area contributed by atoms with Crippen molar-refractivity contribution in [1.82, 2.24) is 10.2 Å². The molecule has 1 heterocycles. The van der Waals surface area contributed by atoms with Gasteiger partial charge in [0.05, 0.1) is 6.42 Å². The Balaban J connectivity index is 1.50. The van der Waals surface area contributed by atoms with Crippen molar-refractivity contribution in [2.24, 2.45) is 0 Å². The number of likely N-dealkylation sites (tertiary alicyclic amines) is 1. The van der Waals surface area contributed by atoms with Gasteiger partial charge in [0.15, 0.2) is 0 Å². The molecule has 26 heavy (non-hydrogen) atoms. The molecule has 2 aromatic rings. The summed E-state index contributed by atoms with van der Waals surface area (Å²) in [5, 5.41) is 3.11. The largest absolute Gasteiger partial charge is 0.353 e. The predicted molar refractivity (Wildman–Crippen MR) is 103 cm³/mol. The van der Waals surface area contributed by atoms with E-state index in [1.165, 1.54) is 5.56 Å². The van der Waals surface area contributed by atoms with E-state index in [1.54, 1.807) is 0 Å². The third-order valence-corrected chi connectivity index (χ3v) is 5.11. The van der Waals surface area contributed by atoms with Crippen LogP contribution in [0.2, 0.25) is 0 Å². The molecule has 1 saturated heterocycles. The van der Waals surface area contributed by atoms with Gasteiger partial charge in [-0.2, -0.15) is 0 Å². The Morgan fingerprint density at radius 2 is 1.69 bits per heavy atom. The summed E-state index contributed by atoms with van der Waals surface area (Å²) in [5.74, 6) is 0.136. The molecule has 1 fully saturated rings. The van der Waals surface area contributed by atoms with Gasteiger partial charge in [-0.15, -0.1) is 0 Å². The molecule has 2 amide bonds. The molecule has 0 aromatic heterocycles. The maximum absolute atomic E-state index is 12.7. The molecule has 4 heteroatoms. The van der Waals surface area contributed by atoms with Crippen LogP contribution in [0.1, 0.15) is 39.9 Å². The molecule has 0 aliphatic carbocycles. The number of nitrogens with one attached hydrogen (secondary N) is 1. The second-order valence-electron chi connectivity index (χ2n) is 7.10. The molecule has 4 nitrogen and oxygen atoms in total. The average molecular weight is 350 g/mol. The van der Waals surface area contributed by atoms with Crippen molar-refractivity contribution in [3.8, 4) is 0 Å². The van der Waals surface area contributed by atoms with Crippen molar-refractivity contribution < 1.29 is 9.59 Å². The summed E-state index contributed by atoms with van der Waals surface area (Å²) in [5.41, 5.74) is 4.10. The zero-order chi connectivity index (χ0) is 18.5. The SMILES string of the molecule is Cc1ccc(C(=O)N2CCC(NC(=O)Cc3ccccc3)CC2)cc1C. The quantitative estimate of drug-likeness (QED) is 0.920. The molecule has 1 N–H and O–H groups in total. The lowest BCUT2D eigenvalue weighted by atomic mass is 10.0. The highest BCUT2D eigenvalue weighted by Gasteiger charge is 2.24. The lowest BCUT2D eigenvalue weighted by molar-refractivity contribution is -0.121. The number of aryl methyl sites for hydroxylation is 2. The molecule has 3 rings (SSSR count). The van der Waals surface area contributed by atoms with Crippen LogP contribution in [0.15, 0.2) is 48.5 Å². The summed E-state index contributed by atoms with van der Waals surface area (Å²) in [6.07, 6.45) is 2.01. The van der Waals surface area contributed by atoms with Crippen LogP contribution in [0.5, 0.6) is 0 Å². The minimum absolute atomic E-state index is 0.0511. The maximum Gasteiger partial charge on any atom is 0.253 e. The Morgan fingerprint density at radius 3 is 2.35 bits per heavy atom. The molecular formula is C22H26N2O2. The molecular weight excluding hydrogens is 324 g/mol. The third-order valence-electron chi connectivity index (χ3n) is 5.11. The smallest absolute Gasteiger partial charge is 0.253 e. The number of piperidine rings is 1. The second kappa shape index (κ2) is 8.17. The summed E-state index contributed by atoms with van der Waals surface area (Å²) in [4.78, 5) is 26.8. The molecule has 1 aliphatic rings. The number of hydrogen-bond donors (Lipinski definition) is 1. The van der Waals surface area contributed by atoms with Crippen molar-refractivity contribution in [3.05, 3.63) is 70.8 Å². The zero-order valence-corrected chi connectivity index (χ0v) is 15.5. The lowest BCUT2D eigenvalue weighted by Gasteiger charge is -2.32. The van der Waals surface area contributed by atoms with Crippen molar-refractivity contribution in [2.45, 2.75) is 39.2 Å². The highest BCUT2D eigenvalue weighted by atomic mass is 16.2. The van der Waals surface area contributed by atoms with Crippen LogP contribution in [0.3, 0.4) is 0 Å². The van der Waals surface area contributed by atoms with E-state index in [9.17, 15) is 9.59 Å². The fourth-order valence-electron chi connectivity index (χ4n) is 3.34. The summed E-state index contributed by atoms with van der Waals surface area (Å²) < 4.78 is 0. The number of carbonyl (C=O) groups is 2. The Labute approximate surface area is 155 Å². The Morgan fingerprint density at radius 1 is 1.00 bits per heavy atom. The minimum Gasteiger partial charge on any atom is -0.353 e. The van der Waals surface area contributed by atoms with Crippen LogP contribution in [-0.2, 0) is 11.2 Å². The van der Waals surface area contributed by atoms with Gasteiger partial charge in [-0.1, -0.05) is 36.4 Å². The first-order valence-corrected chi connectivity index (χ1v) is 9.23. The van der Waals surface area contributed by atoms with Gasteiger partial charge < -0.3 is 10.2 Å². The van der Waals surface area contributed by atoms with Crippen LogP contribution in [0.25, 0.3) is 0 Å². The molecule has 1 aliphatic heterocycles. The van der Waals surface area contributed by atoms with E-state index in [0.29, 0.717) is 19.5 Å². The summed E-state index contributed by atoms with van der Waals surface area (Å²) in [6, 6.07) is 15.8. The van der Waals surface area contributed by atoms with Crippen molar-refractivity contribution in [1.29, 1.82) is 0 Å². The van der Waals surface area contributed by atoms with Gasteiger partial charge >= 0.3 is 0 Å². The van der Waals surface area contributed by atoms with Gasteiger partial charge in [0.25, 0.3) is 5.91 Å². The van der Waals surface area contributed by atoms with E-state index in [2.05, 4.69) is 5.32 Å². The van der Waals surface area contributed by atoms with E-state index in [0.717, 1.165) is 29.5 Å². The third kappa shape index (κ3) is 4.51. The number of amides is 2. The monoisotopic (exact) mass is 350 g/mol. The lowest BCUT2D eigenvalue weighted by Crippen LogP contribution is -2.46. The van der Waals surface area contributed by atoms with Gasteiger partial charge in [-0.05, 0) is 55.5 Å². The standard InChI is InChI=1S/C22H26N2O2/c1-16-8-9-19(14-17(16)2)22(26)24-12-10-20(11-13-24)23-21(25)15-18-6-4-3-5-7-18/h3-9,14,20H,10-13,15H2,1-2H3,(H,23,25). The number of hydrogen-bond acceptors (Lipinski definition) is 2. The van der Waals surface area contributed by atoms with Crippen molar-refractivity contribution in [2.75, 3.05) is 13.1 Å². The van der Waals surface area contributed by atoms with Crippen molar-refractivity contribution >= 4 is 11.8 Å². The first-order valence-electron chi connectivity index (χ1n) is 9.23. The molecule has 0 atom stereocenters. The van der Waals surface area contributed by atoms with E-state index in [4.69, 9.17) is 0 Å². The van der Waals surface area contributed by atoms with Gasteiger partial charge in [-0.3, -0.25) is 9.59 Å². The van der Waals surface area contributed by atoms with Gasteiger partial charge in [0.2, 0.25) is 5.91 Å². The van der Waals surface area contributed by atoms with Gasteiger partial charge in [0, 0.05) is 24.7 Å². The predicted octanol–water partition coefficient (Wildman–Crippen LogP) is 3.27. The van der Waals surface area contributed by atoms with E-state index in [-0.39, 0.29) is 17.9 Å².